The van der Waals surface area contributed by atoms with Crippen LogP contribution in [-0.2, 0) is 10.0 Å². The van der Waals surface area contributed by atoms with Gasteiger partial charge in [0.15, 0.2) is 0 Å². The van der Waals surface area contributed by atoms with Crippen LogP contribution in [0.2, 0.25) is 0 Å². The van der Waals surface area contributed by atoms with Crippen molar-refractivity contribution >= 4 is 20.8 Å². The molecule has 0 fully saturated rings. The van der Waals surface area contributed by atoms with Gasteiger partial charge in [-0.25, -0.2) is 5.14 Å². The molecule has 6 heteroatoms. The van der Waals surface area contributed by atoms with Crippen molar-refractivity contribution in [1.29, 1.82) is 0 Å². The summed E-state index contributed by atoms with van der Waals surface area (Å²) in [6.07, 6.45) is 0. The van der Waals surface area contributed by atoms with Crippen LogP contribution in [0.1, 0.15) is 0 Å². The largest absolute Gasteiger partial charge is 0.490 e. The Morgan fingerprint density at radius 2 is 1.42 bits per heavy atom. The fourth-order valence-corrected chi connectivity index (χ4v) is 2.90. The molecule has 3 N–H and O–H groups in total. The van der Waals surface area contributed by atoms with Gasteiger partial charge in [-0.05, 0) is 47.2 Å². The number of benzene rings is 3. The summed E-state index contributed by atoms with van der Waals surface area (Å²) in [4.78, 5) is 0.194. The van der Waals surface area contributed by atoms with E-state index < -0.39 is 10.0 Å². The Morgan fingerprint density at radius 3 is 2.12 bits per heavy atom. The van der Waals surface area contributed by atoms with Crippen molar-refractivity contribution in [3.05, 3.63) is 66.7 Å². The van der Waals surface area contributed by atoms with Gasteiger partial charge in [0.05, 0.1) is 0 Å². The highest BCUT2D eigenvalue weighted by Gasteiger charge is 2.11. The SMILES string of the molecule is [NH3+]S(=O)(=O)c1ccc2ccc(OCCOc3ccccc3)cc2c1. The molecule has 0 atom stereocenters. The lowest BCUT2D eigenvalue weighted by Gasteiger charge is -2.09. The normalized spacial score (nSPS) is 11.4. The Hall–Kier alpha value is -2.57. The van der Waals surface area contributed by atoms with Crippen LogP contribution < -0.4 is 14.6 Å². The molecule has 0 aliphatic rings. The number of para-hydroxylation sites is 1. The Bertz CT molecular complexity index is 940. The van der Waals surface area contributed by atoms with Gasteiger partial charge >= 0.3 is 10.0 Å². The quantitative estimate of drug-likeness (QED) is 0.695. The number of sulfonamides is 1. The second kappa shape index (κ2) is 6.90. The van der Waals surface area contributed by atoms with Crippen LogP contribution in [0.25, 0.3) is 10.8 Å². The van der Waals surface area contributed by atoms with E-state index >= 15 is 0 Å². The molecule has 0 aromatic heterocycles. The van der Waals surface area contributed by atoms with E-state index in [-0.39, 0.29) is 4.90 Å². The Labute approximate surface area is 140 Å². The maximum absolute atomic E-state index is 11.5. The molecule has 0 bridgehead atoms. The first-order valence-electron chi connectivity index (χ1n) is 7.45. The van der Waals surface area contributed by atoms with Crippen LogP contribution in [0, 0.1) is 0 Å². The highest BCUT2D eigenvalue weighted by atomic mass is 32.2. The Kier molecular flexibility index (Phi) is 4.69. The third kappa shape index (κ3) is 4.04. The fourth-order valence-electron chi connectivity index (χ4n) is 2.32. The molecule has 3 aromatic rings. The van der Waals surface area contributed by atoms with E-state index in [1.165, 1.54) is 0 Å². The Balaban J connectivity index is 1.66. The van der Waals surface area contributed by atoms with Crippen molar-refractivity contribution in [2.24, 2.45) is 0 Å². The molecular formula is C18H18NO4S+. The van der Waals surface area contributed by atoms with E-state index in [4.69, 9.17) is 9.47 Å². The van der Waals surface area contributed by atoms with E-state index in [2.05, 4.69) is 5.14 Å². The zero-order valence-corrected chi connectivity index (χ0v) is 13.8. The van der Waals surface area contributed by atoms with Gasteiger partial charge in [0.25, 0.3) is 0 Å². The second-order valence-corrected chi connectivity index (χ2v) is 7.00. The average Bonchev–Trinajstić information content (AvgIpc) is 2.58. The summed E-state index contributed by atoms with van der Waals surface area (Å²) in [7, 11) is -3.47. The van der Waals surface area contributed by atoms with Crippen LogP contribution in [0.15, 0.2) is 71.6 Å². The lowest BCUT2D eigenvalue weighted by Crippen LogP contribution is -2.56. The van der Waals surface area contributed by atoms with Crippen LogP contribution in [-0.4, -0.2) is 21.6 Å². The topological polar surface area (TPSA) is 80.2 Å². The number of hydrogen-bond donors (Lipinski definition) is 1. The molecular weight excluding hydrogens is 326 g/mol. The van der Waals surface area contributed by atoms with Crippen LogP contribution in [0.4, 0.5) is 0 Å². The molecule has 0 spiro atoms. The minimum atomic E-state index is -3.47. The van der Waals surface area contributed by atoms with Gasteiger partial charge in [-0.15, -0.1) is 0 Å². The minimum Gasteiger partial charge on any atom is -0.490 e. The van der Waals surface area contributed by atoms with Crippen molar-refractivity contribution in [2.45, 2.75) is 4.90 Å². The zero-order valence-electron chi connectivity index (χ0n) is 13.0. The first-order valence-corrected chi connectivity index (χ1v) is 9.10. The fraction of sp³-hybridized carbons (Fsp3) is 0.111. The molecule has 24 heavy (non-hydrogen) atoms. The van der Waals surface area contributed by atoms with Gasteiger partial charge in [-0.3, -0.25) is 0 Å². The summed E-state index contributed by atoms with van der Waals surface area (Å²) in [5.41, 5.74) is 0. The third-order valence-corrected chi connectivity index (χ3v) is 4.48. The maximum Gasteiger partial charge on any atom is 0.322 e. The molecule has 124 valence electrons. The van der Waals surface area contributed by atoms with E-state index in [0.717, 1.165) is 16.5 Å². The highest BCUT2D eigenvalue weighted by Crippen LogP contribution is 2.23. The van der Waals surface area contributed by atoms with Crippen molar-refractivity contribution in [1.82, 2.24) is 0 Å². The third-order valence-electron chi connectivity index (χ3n) is 3.51. The van der Waals surface area contributed by atoms with Crippen molar-refractivity contribution in [2.75, 3.05) is 13.2 Å². The molecule has 0 aliphatic heterocycles. The molecule has 0 unspecified atom stereocenters. The van der Waals surface area contributed by atoms with E-state index in [0.29, 0.717) is 19.0 Å². The zero-order chi connectivity index (χ0) is 17.0. The van der Waals surface area contributed by atoms with E-state index in [1.807, 2.05) is 48.5 Å². The number of quaternary nitrogens is 1. The maximum atomic E-state index is 11.5. The summed E-state index contributed by atoms with van der Waals surface area (Å²) in [5, 5.41) is 4.92. The van der Waals surface area contributed by atoms with Crippen LogP contribution >= 0.6 is 0 Å². The monoisotopic (exact) mass is 344 g/mol. The van der Waals surface area contributed by atoms with E-state index in [1.54, 1.807) is 18.2 Å². The van der Waals surface area contributed by atoms with Gasteiger partial charge < -0.3 is 9.47 Å². The molecule has 3 rings (SSSR count). The summed E-state index contributed by atoms with van der Waals surface area (Å²) in [6, 6.07) is 20.0. The predicted molar refractivity (Wildman–Crippen MR) is 91.5 cm³/mol. The molecule has 0 aliphatic carbocycles. The lowest BCUT2D eigenvalue weighted by molar-refractivity contribution is -0.164. The average molecular weight is 344 g/mol. The lowest BCUT2D eigenvalue weighted by atomic mass is 10.1. The smallest absolute Gasteiger partial charge is 0.322 e. The second-order valence-electron chi connectivity index (χ2n) is 5.30. The molecule has 0 saturated heterocycles. The van der Waals surface area contributed by atoms with Gasteiger partial charge in [0, 0.05) is 0 Å². The summed E-state index contributed by atoms with van der Waals surface area (Å²) < 4.78 is 34.3. The standard InChI is InChI=1S/C18H17NO4S/c19-24(20,21)18-9-7-14-6-8-17(12-15(14)13-18)23-11-10-22-16-4-2-1-3-5-16/h1-9,12-13H,10-11H2,(H2,19,20,21)/p+1. The molecule has 0 amide bonds. The molecule has 0 saturated carbocycles. The van der Waals surface area contributed by atoms with Gasteiger partial charge in [0.1, 0.15) is 29.6 Å². The Morgan fingerprint density at radius 1 is 0.750 bits per heavy atom. The molecule has 3 aromatic carbocycles. The number of ether oxygens (including phenoxy) is 2. The summed E-state index contributed by atoms with van der Waals surface area (Å²) in [5.74, 6) is 1.46. The van der Waals surface area contributed by atoms with Gasteiger partial charge in [0.2, 0.25) is 0 Å². The van der Waals surface area contributed by atoms with Crippen molar-refractivity contribution in [3.63, 3.8) is 0 Å². The molecule has 5 nitrogen and oxygen atoms in total. The van der Waals surface area contributed by atoms with Gasteiger partial charge in [-0.1, -0.05) is 30.3 Å². The van der Waals surface area contributed by atoms with Gasteiger partial charge in [-0.2, -0.15) is 8.42 Å². The molecule has 0 heterocycles. The summed E-state index contributed by atoms with van der Waals surface area (Å²) in [6.45, 7) is 0.822. The van der Waals surface area contributed by atoms with E-state index in [9.17, 15) is 8.42 Å². The van der Waals surface area contributed by atoms with Crippen molar-refractivity contribution in [3.8, 4) is 11.5 Å². The first kappa shape index (κ1) is 16.3. The van der Waals surface area contributed by atoms with Crippen molar-refractivity contribution < 1.29 is 23.0 Å². The first-order chi connectivity index (χ1) is 11.5. The van der Waals surface area contributed by atoms with Crippen LogP contribution in [0.3, 0.4) is 0 Å². The number of hydrogen-bond acceptors (Lipinski definition) is 4. The molecule has 0 radical (unpaired) electrons. The highest BCUT2D eigenvalue weighted by molar-refractivity contribution is 7.84. The van der Waals surface area contributed by atoms with Crippen LogP contribution in [0.5, 0.6) is 11.5 Å². The summed E-state index contributed by atoms with van der Waals surface area (Å²) >= 11 is 0. The number of rotatable bonds is 6. The predicted octanol–water partition coefficient (Wildman–Crippen LogP) is 2.23. The minimum absolute atomic E-state index is 0.194. The number of fused-ring (bicyclic) bond motifs is 1.